The second kappa shape index (κ2) is 11.4. The Balaban J connectivity index is 1.31. The van der Waals surface area contributed by atoms with Crippen molar-refractivity contribution in [1.29, 1.82) is 0 Å². The molecule has 0 spiro atoms. The summed E-state index contributed by atoms with van der Waals surface area (Å²) < 4.78 is 16.7. The van der Waals surface area contributed by atoms with Crippen molar-refractivity contribution in [2.24, 2.45) is 5.92 Å². The third kappa shape index (κ3) is 5.69. The van der Waals surface area contributed by atoms with E-state index >= 15 is 0 Å². The zero-order valence-electron chi connectivity index (χ0n) is 20.7. The third-order valence-corrected chi connectivity index (χ3v) is 7.73. The van der Waals surface area contributed by atoms with Crippen molar-refractivity contribution >= 4 is 23.4 Å². The number of fused-ring (bicyclic) bond motifs is 1. The van der Waals surface area contributed by atoms with Gasteiger partial charge in [-0.15, -0.1) is 11.8 Å². The molecular weight excluding hydrogens is 476 g/mol. The number of H-pyrrole nitrogens is 1. The molecule has 190 valence electrons. The minimum absolute atomic E-state index is 0.0364. The van der Waals surface area contributed by atoms with Crippen LogP contribution in [0, 0.1) is 12.8 Å². The fourth-order valence-electron chi connectivity index (χ4n) is 4.57. The Hall–Kier alpha value is -3.01. The summed E-state index contributed by atoms with van der Waals surface area (Å²) in [5.41, 5.74) is 4.91. The number of nitrogens with one attached hydrogen (secondary N) is 2. The predicted octanol–water partition coefficient (Wildman–Crippen LogP) is 4.01. The number of methoxy groups -OCH3 is 1. The molecule has 1 atom stereocenters. The van der Waals surface area contributed by atoms with E-state index in [1.54, 1.807) is 18.9 Å². The number of nitrogens with zero attached hydrogens (tertiary/aromatic N) is 2. The lowest BCUT2D eigenvalue weighted by molar-refractivity contribution is -0.121. The summed E-state index contributed by atoms with van der Waals surface area (Å²) in [6.45, 7) is 6.84. The van der Waals surface area contributed by atoms with Crippen molar-refractivity contribution < 1.29 is 19.0 Å². The molecule has 0 aliphatic carbocycles. The van der Waals surface area contributed by atoms with Gasteiger partial charge in [-0.3, -0.25) is 14.8 Å². The van der Waals surface area contributed by atoms with Crippen molar-refractivity contribution in [3.8, 4) is 22.6 Å². The van der Waals surface area contributed by atoms with E-state index < -0.39 is 0 Å². The van der Waals surface area contributed by atoms with Crippen LogP contribution in [0.4, 0.5) is 5.69 Å². The standard InChI is InChI=1S/C27H32N4O4S/c1-18-23(16-28-30-18)19-3-5-24(26(15-19)36-12-9-31-7-10-34-11-8-31)29-27(32)21-13-20-14-22(33-2)4-6-25(20)35-17-21/h3-6,14-16,21H,7-13,17H2,1-2H3,(H,28,30)(H,29,32). The topological polar surface area (TPSA) is 88.7 Å². The number of aromatic amines is 1. The first-order valence-electron chi connectivity index (χ1n) is 12.3. The Morgan fingerprint density at radius 2 is 2.11 bits per heavy atom. The number of benzene rings is 2. The van der Waals surface area contributed by atoms with E-state index in [2.05, 4.69) is 26.5 Å². The van der Waals surface area contributed by atoms with Gasteiger partial charge in [-0.2, -0.15) is 5.10 Å². The third-order valence-electron chi connectivity index (χ3n) is 6.69. The van der Waals surface area contributed by atoms with Gasteiger partial charge in [0.05, 0.1) is 37.6 Å². The average molecular weight is 509 g/mol. The fourth-order valence-corrected chi connectivity index (χ4v) is 5.63. The van der Waals surface area contributed by atoms with E-state index in [0.29, 0.717) is 13.0 Å². The van der Waals surface area contributed by atoms with Crippen LogP contribution in [0.3, 0.4) is 0 Å². The summed E-state index contributed by atoms with van der Waals surface area (Å²) in [6.07, 6.45) is 2.53. The molecule has 2 N–H and O–H groups in total. The molecule has 5 rings (SSSR count). The maximum atomic E-state index is 13.3. The minimum Gasteiger partial charge on any atom is -0.497 e. The first-order chi connectivity index (χ1) is 17.6. The van der Waals surface area contributed by atoms with E-state index in [1.165, 1.54) is 0 Å². The molecule has 0 bridgehead atoms. The number of ether oxygens (including phenoxy) is 3. The second-order valence-electron chi connectivity index (χ2n) is 9.07. The summed E-state index contributed by atoms with van der Waals surface area (Å²) >= 11 is 1.76. The minimum atomic E-state index is -0.272. The summed E-state index contributed by atoms with van der Waals surface area (Å²) in [5, 5.41) is 10.4. The zero-order valence-corrected chi connectivity index (χ0v) is 21.5. The molecule has 1 aromatic heterocycles. The van der Waals surface area contributed by atoms with Crippen molar-refractivity contribution in [1.82, 2.24) is 15.1 Å². The molecule has 0 saturated carbocycles. The SMILES string of the molecule is COc1ccc2c(c1)CC(C(=O)Nc1ccc(-c3c[nH]nc3C)cc1SCCN1CCOCC1)CO2. The molecule has 3 heterocycles. The van der Waals surface area contributed by atoms with Crippen LogP contribution >= 0.6 is 11.8 Å². The van der Waals surface area contributed by atoms with Gasteiger partial charge in [0.2, 0.25) is 5.91 Å². The molecule has 8 nitrogen and oxygen atoms in total. The lowest BCUT2D eigenvalue weighted by atomic mass is 9.95. The molecule has 1 fully saturated rings. The van der Waals surface area contributed by atoms with Crippen molar-refractivity contribution in [3.05, 3.63) is 53.9 Å². The smallest absolute Gasteiger partial charge is 0.231 e. The van der Waals surface area contributed by atoms with Crippen LogP contribution in [0.15, 0.2) is 47.5 Å². The van der Waals surface area contributed by atoms with Crippen molar-refractivity contribution in [2.75, 3.05) is 57.6 Å². The van der Waals surface area contributed by atoms with Crippen LogP contribution in [-0.4, -0.2) is 73.3 Å². The van der Waals surface area contributed by atoms with Gasteiger partial charge < -0.3 is 19.5 Å². The summed E-state index contributed by atoms with van der Waals surface area (Å²) in [5.74, 6) is 2.20. The van der Waals surface area contributed by atoms with E-state index in [-0.39, 0.29) is 11.8 Å². The Morgan fingerprint density at radius 1 is 1.25 bits per heavy atom. The van der Waals surface area contributed by atoms with Gasteiger partial charge in [0.25, 0.3) is 0 Å². The Morgan fingerprint density at radius 3 is 2.89 bits per heavy atom. The molecule has 3 aromatic rings. The van der Waals surface area contributed by atoms with Crippen molar-refractivity contribution in [3.63, 3.8) is 0 Å². The maximum Gasteiger partial charge on any atom is 0.231 e. The number of hydrogen-bond acceptors (Lipinski definition) is 7. The largest absolute Gasteiger partial charge is 0.497 e. The van der Waals surface area contributed by atoms with Crippen LogP contribution in [0.25, 0.3) is 11.1 Å². The molecule has 36 heavy (non-hydrogen) atoms. The Labute approximate surface area is 215 Å². The number of aryl methyl sites for hydroxylation is 1. The molecule has 1 saturated heterocycles. The number of carbonyl (C=O) groups excluding carboxylic acids is 1. The maximum absolute atomic E-state index is 13.3. The highest BCUT2D eigenvalue weighted by Crippen LogP contribution is 2.35. The number of hydrogen-bond donors (Lipinski definition) is 2. The van der Waals surface area contributed by atoms with Crippen LogP contribution in [0.5, 0.6) is 11.5 Å². The molecule has 9 heteroatoms. The molecule has 2 aliphatic rings. The zero-order chi connectivity index (χ0) is 24.9. The molecule has 2 aliphatic heterocycles. The monoisotopic (exact) mass is 508 g/mol. The highest BCUT2D eigenvalue weighted by molar-refractivity contribution is 7.99. The van der Waals surface area contributed by atoms with Crippen molar-refractivity contribution in [2.45, 2.75) is 18.2 Å². The lowest BCUT2D eigenvalue weighted by Gasteiger charge is -2.26. The van der Waals surface area contributed by atoms with Gasteiger partial charge in [0.15, 0.2) is 0 Å². The van der Waals surface area contributed by atoms with E-state index in [0.717, 1.165) is 83.1 Å². The normalized spacial score (nSPS) is 17.8. The highest BCUT2D eigenvalue weighted by atomic mass is 32.2. The quantitative estimate of drug-likeness (QED) is 0.445. The van der Waals surface area contributed by atoms with Gasteiger partial charge in [0, 0.05) is 42.0 Å². The molecular formula is C27H32N4O4S. The number of rotatable bonds is 8. The Kier molecular flexibility index (Phi) is 7.79. The molecule has 2 aromatic carbocycles. The van der Waals surface area contributed by atoms with Gasteiger partial charge >= 0.3 is 0 Å². The molecule has 0 radical (unpaired) electrons. The van der Waals surface area contributed by atoms with Crippen LogP contribution < -0.4 is 14.8 Å². The number of anilines is 1. The molecule has 1 unspecified atom stereocenters. The van der Waals surface area contributed by atoms with Gasteiger partial charge in [-0.25, -0.2) is 0 Å². The van der Waals surface area contributed by atoms with Gasteiger partial charge in [0.1, 0.15) is 18.1 Å². The highest BCUT2D eigenvalue weighted by Gasteiger charge is 2.27. The van der Waals surface area contributed by atoms with E-state index in [1.807, 2.05) is 43.5 Å². The number of aromatic nitrogens is 2. The number of amides is 1. The van der Waals surface area contributed by atoms with Crippen LogP contribution in [0.1, 0.15) is 11.3 Å². The molecule has 1 amide bonds. The first kappa shape index (κ1) is 24.7. The van der Waals surface area contributed by atoms with E-state index in [4.69, 9.17) is 14.2 Å². The number of thioether (sulfide) groups is 1. The predicted molar refractivity (Wildman–Crippen MR) is 141 cm³/mol. The summed E-state index contributed by atoms with van der Waals surface area (Å²) in [7, 11) is 1.64. The summed E-state index contributed by atoms with van der Waals surface area (Å²) in [6, 6.07) is 11.9. The van der Waals surface area contributed by atoms with Gasteiger partial charge in [-0.1, -0.05) is 6.07 Å². The van der Waals surface area contributed by atoms with Gasteiger partial charge in [-0.05, 0) is 54.8 Å². The number of carbonyl (C=O) groups is 1. The second-order valence-corrected chi connectivity index (χ2v) is 10.2. The van der Waals surface area contributed by atoms with E-state index in [9.17, 15) is 4.79 Å². The van der Waals surface area contributed by atoms with Crippen LogP contribution in [-0.2, 0) is 16.0 Å². The first-order valence-corrected chi connectivity index (χ1v) is 13.3. The Bertz CT molecular complexity index is 1210. The lowest BCUT2D eigenvalue weighted by Crippen LogP contribution is -2.37. The number of morpholine rings is 1. The van der Waals surface area contributed by atoms with Crippen LogP contribution in [0.2, 0.25) is 0 Å². The summed E-state index contributed by atoms with van der Waals surface area (Å²) in [4.78, 5) is 16.8. The average Bonchev–Trinajstić information content (AvgIpc) is 3.35. The fraction of sp³-hybridized carbons (Fsp3) is 0.407.